The third-order valence-corrected chi connectivity index (χ3v) is 4.60. The molecule has 0 saturated carbocycles. The van der Waals surface area contributed by atoms with Crippen LogP contribution in [0.1, 0.15) is 11.3 Å². The predicted octanol–water partition coefficient (Wildman–Crippen LogP) is 2.89. The van der Waals surface area contributed by atoms with Crippen LogP contribution in [0.15, 0.2) is 27.6 Å². The maximum absolute atomic E-state index is 12.6. The molecule has 4 nitrogen and oxygen atoms in total. The van der Waals surface area contributed by atoms with E-state index in [1.165, 1.54) is 30.9 Å². The maximum atomic E-state index is 12.6. The quantitative estimate of drug-likeness (QED) is 0.442. The molecule has 0 aliphatic heterocycles. The second kappa shape index (κ2) is 8.18. The van der Waals surface area contributed by atoms with E-state index in [0.29, 0.717) is 6.42 Å². The van der Waals surface area contributed by atoms with Gasteiger partial charge in [-0.1, -0.05) is 16.5 Å². The van der Waals surface area contributed by atoms with Crippen LogP contribution in [0.3, 0.4) is 0 Å². The highest BCUT2D eigenvalue weighted by Crippen LogP contribution is 2.22. The summed E-state index contributed by atoms with van der Waals surface area (Å²) in [6, 6.07) is 0. The Balaban J connectivity index is 2.51. The van der Waals surface area contributed by atoms with Crippen LogP contribution in [0.25, 0.3) is 0 Å². The highest BCUT2D eigenvalue weighted by atomic mass is 32.2. The summed E-state index contributed by atoms with van der Waals surface area (Å²) in [4.78, 5) is 9.19. The van der Waals surface area contributed by atoms with Gasteiger partial charge in [-0.2, -0.15) is 13.8 Å². The number of hydrogen-bond donors (Lipinski definition) is 0. The molecule has 0 N–H and O–H groups in total. The van der Waals surface area contributed by atoms with E-state index in [4.69, 9.17) is 0 Å². The largest absolute Gasteiger partial charge is 0.610 e. The van der Waals surface area contributed by atoms with Crippen molar-refractivity contribution >= 4 is 28.7 Å². The number of hydrogen-bond acceptors (Lipinski definition) is 5. The molecule has 1 rings (SSSR count). The zero-order chi connectivity index (χ0) is 14.3. The van der Waals surface area contributed by atoms with Crippen molar-refractivity contribution in [2.24, 2.45) is 5.16 Å². The van der Waals surface area contributed by atoms with Gasteiger partial charge in [0.25, 0.3) is 0 Å². The molecule has 0 saturated heterocycles. The van der Waals surface area contributed by atoms with Crippen molar-refractivity contribution in [3.63, 3.8) is 0 Å². The van der Waals surface area contributed by atoms with E-state index in [1.807, 2.05) is 0 Å². The van der Waals surface area contributed by atoms with Crippen molar-refractivity contribution < 1.29 is 22.6 Å². The minimum Gasteiger partial charge on any atom is -0.610 e. The molecule has 0 unspecified atom stereocenters. The smallest absolute Gasteiger partial charge is 0.301 e. The molecule has 1 aromatic heterocycles. The maximum Gasteiger partial charge on any atom is 0.301 e. The van der Waals surface area contributed by atoms with Gasteiger partial charge in [0.1, 0.15) is 12.9 Å². The fraction of sp³-hybridized carbons (Fsp3) is 0.400. The van der Waals surface area contributed by atoms with Crippen LogP contribution in [0.4, 0.5) is 13.2 Å². The number of halogens is 3. The Bertz CT molecular complexity index is 461. The SMILES string of the molecule is CO/N=C\Cc1cnc([S@@+]([O-])CCC(F)=C(F)F)s1. The Morgan fingerprint density at radius 3 is 2.95 bits per heavy atom. The van der Waals surface area contributed by atoms with Crippen molar-refractivity contribution in [1.29, 1.82) is 0 Å². The molecular formula is C10H11F3N2O2S2. The standard InChI is InChI=1S/C10H11F3N2O2S2/c1-17-15-4-2-7-6-14-10(18-7)19(16)5-3-8(11)9(12)13/h4,6H,2-3,5H2,1H3/b15-4-/t19-/m0/s1. The molecule has 0 aromatic carbocycles. The summed E-state index contributed by atoms with van der Waals surface area (Å²) in [6.07, 6.45) is 0.570. The van der Waals surface area contributed by atoms with Gasteiger partial charge >= 0.3 is 10.4 Å². The van der Waals surface area contributed by atoms with E-state index < -0.39 is 29.5 Å². The molecule has 0 amide bonds. The first-order chi connectivity index (χ1) is 9.04. The Kier molecular flexibility index (Phi) is 6.89. The first-order valence-electron chi connectivity index (χ1n) is 5.12. The summed E-state index contributed by atoms with van der Waals surface area (Å²) in [5.41, 5.74) is 0. The fourth-order valence-corrected chi connectivity index (χ4v) is 3.30. The van der Waals surface area contributed by atoms with Gasteiger partial charge in [0, 0.05) is 34.9 Å². The summed E-state index contributed by atoms with van der Waals surface area (Å²) < 4.78 is 48.2. The lowest BCUT2D eigenvalue weighted by atomic mass is 10.4. The van der Waals surface area contributed by atoms with Gasteiger partial charge in [-0.05, 0) is 0 Å². The minimum atomic E-state index is -2.37. The molecule has 106 valence electrons. The van der Waals surface area contributed by atoms with E-state index in [9.17, 15) is 17.7 Å². The number of thiazole rings is 1. The molecule has 0 fully saturated rings. The van der Waals surface area contributed by atoms with E-state index in [-0.39, 0.29) is 10.1 Å². The second-order valence-electron chi connectivity index (χ2n) is 3.23. The van der Waals surface area contributed by atoms with E-state index in [0.717, 1.165) is 4.88 Å². The van der Waals surface area contributed by atoms with Crippen molar-refractivity contribution in [2.75, 3.05) is 12.9 Å². The molecule has 0 bridgehead atoms. The summed E-state index contributed by atoms with van der Waals surface area (Å²) >= 11 is -0.415. The number of nitrogens with zero attached hydrogens (tertiary/aromatic N) is 2. The lowest BCUT2D eigenvalue weighted by Gasteiger charge is -2.04. The topological polar surface area (TPSA) is 57.5 Å². The molecule has 1 atom stereocenters. The zero-order valence-electron chi connectivity index (χ0n) is 9.94. The van der Waals surface area contributed by atoms with Gasteiger partial charge < -0.3 is 9.39 Å². The van der Waals surface area contributed by atoms with Crippen molar-refractivity contribution in [2.45, 2.75) is 17.2 Å². The Labute approximate surface area is 115 Å². The normalized spacial score (nSPS) is 12.7. The van der Waals surface area contributed by atoms with E-state index in [2.05, 4.69) is 15.0 Å². The van der Waals surface area contributed by atoms with Crippen LogP contribution in [0.2, 0.25) is 0 Å². The van der Waals surface area contributed by atoms with Gasteiger partial charge in [0.05, 0.1) is 6.42 Å². The molecule has 0 aliphatic carbocycles. The Morgan fingerprint density at radius 2 is 2.32 bits per heavy atom. The van der Waals surface area contributed by atoms with Crippen molar-refractivity contribution in [3.8, 4) is 0 Å². The predicted molar refractivity (Wildman–Crippen MR) is 67.6 cm³/mol. The molecule has 0 spiro atoms. The summed E-state index contributed by atoms with van der Waals surface area (Å²) in [5.74, 6) is -1.75. The van der Waals surface area contributed by atoms with Gasteiger partial charge in [-0.15, -0.1) is 0 Å². The fourth-order valence-electron chi connectivity index (χ4n) is 1.06. The molecule has 19 heavy (non-hydrogen) atoms. The van der Waals surface area contributed by atoms with Crippen molar-refractivity contribution in [3.05, 3.63) is 23.0 Å². The van der Waals surface area contributed by atoms with Gasteiger partial charge in [-0.3, -0.25) is 0 Å². The van der Waals surface area contributed by atoms with Crippen molar-refractivity contribution in [1.82, 2.24) is 4.98 Å². The van der Waals surface area contributed by atoms with E-state index >= 15 is 0 Å². The molecule has 0 radical (unpaired) electrons. The van der Waals surface area contributed by atoms with Gasteiger partial charge in [0.15, 0.2) is 5.83 Å². The summed E-state index contributed by atoms with van der Waals surface area (Å²) in [5, 5.41) is 3.54. The van der Waals surface area contributed by atoms with Crippen LogP contribution >= 0.6 is 11.3 Å². The number of rotatable bonds is 7. The van der Waals surface area contributed by atoms with Gasteiger partial charge in [0.2, 0.25) is 0 Å². The van der Waals surface area contributed by atoms with E-state index in [1.54, 1.807) is 0 Å². The second-order valence-corrected chi connectivity index (χ2v) is 6.09. The Morgan fingerprint density at radius 1 is 1.58 bits per heavy atom. The molecular weight excluding hydrogens is 301 g/mol. The minimum absolute atomic E-state index is 0.220. The lowest BCUT2D eigenvalue weighted by Crippen LogP contribution is -2.06. The monoisotopic (exact) mass is 312 g/mol. The Hall–Kier alpha value is -1.06. The van der Waals surface area contributed by atoms with Crippen LogP contribution in [0, 0.1) is 0 Å². The van der Waals surface area contributed by atoms with Crippen LogP contribution in [0.5, 0.6) is 0 Å². The van der Waals surface area contributed by atoms with Crippen LogP contribution in [-0.2, 0) is 22.4 Å². The highest BCUT2D eigenvalue weighted by Gasteiger charge is 2.18. The first kappa shape index (κ1) is 16.0. The van der Waals surface area contributed by atoms with Crippen LogP contribution < -0.4 is 0 Å². The third kappa shape index (κ3) is 5.62. The summed E-state index contributed by atoms with van der Waals surface area (Å²) in [7, 11) is 1.41. The summed E-state index contributed by atoms with van der Waals surface area (Å²) in [6.45, 7) is 0. The zero-order valence-corrected chi connectivity index (χ0v) is 11.6. The number of allylic oxidation sites excluding steroid dienone is 1. The molecule has 0 aliphatic rings. The third-order valence-electron chi connectivity index (χ3n) is 1.91. The first-order valence-corrected chi connectivity index (χ1v) is 7.25. The number of aromatic nitrogens is 1. The molecule has 1 heterocycles. The average Bonchev–Trinajstić information content (AvgIpc) is 2.84. The van der Waals surface area contributed by atoms with Crippen LogP contribution in [-0.4, -0.2) is 28.6 Å². The molecule has 9 heteroatoms. The number of oxime groups is 1. The average molecular weight is 312 g/mol. The molecule has 1 aromatic rings. The van der Waals surface area contributed by atoms with Gasteiger partial charge in [-0.25, -0.2) is 4.39 Å². The lowest BCUT2D eigenvalue weighted by molar-refractivity contribution is 0.215. The highest BCUT2D eigenvalue weighted by molar-refractivity contribution is 7.93.